The van der Waals surface area contributed by atoms with Crippen molar-refractivity contribution in [2.45, 2.75) is 27.2 Å². The lowest BCUT2D eigenvalue weighted by Crippen LogP contribution is -2.53. The number of allylic oxidation sites excluding steroid dienone is 1. The first kappa shape index (κ1) is 23.1. The summed E-state index contributed by atoms with van der Waals surface area (Å²) in [5.74, 6) is -0.322. The highest BCUT2D eigenvalue weighted by Crippen LogP contribution is 2.31. The molecule has 31 heavy (non-hydrogen) atoms. The predicted octanol–water partition coefficient (Wildman–Crippen LogP) is 6.27. The molecule has 3 rings (SSSR count). The first-order chi connectivity index (χ1) is 14.9. The molecular formula is C24H30ClFN4O. The fraction of sp³-hybridized carbons (Fsp3) is 0.375. The van der Waals surface area contributed by atoms with Crippen LogP contribution in [0.25, 0.3) is 0 Å². The van der Waals surface area contributed by atoms with Gasteiger partial charge >= 0.3 is 0 Å². The van der Waals surface area contributed by atoms with Gasteiger partial charge in [0.05, 0.1) is 41.6 Å². The van der Waals surface area contributed by atoms with Gasteiger partial charge in [0.25, 0.3) is 0 Å². The zero-order valence-electron chi connectivity index (χ0n) is 18.3. The van der Waals surface area contributed by atoms with E-state index in [2.05, 4.69) is 35.8 Å². The minimum atomic E-state index is -0.322. The van der Waals surface area contributed by atoms with Gasteiger partial charge in [-0.3, -0.25) is 5.01 Å². The monoisotopic (exact) mass is 444 g/mol. The molecule has 1 aliphatic rings. The maximum atomic E-state index is 14.7. The summed E-state index contributed by atoms with van der Waals surface area (Å²) in [4.78, 5) is 0. The van der Waals surface area contributed by atoms with Crippen LogP contribution in [0.2, 0.25) is 5.02 Å². The molecular weight excluding hydrogens is 415 g/mol. The number of hydrogen-bond donors (Lipinski definition) is 2. The molecule has 2 aromatic carbocycles. The molecule has 0 aromatic heterocycles. The topological polar surface area (TPSA) is 48.9 Å². The molecule has 166 valence electrons. The maximum Gasteiger partial charge on any atom is 0.148 e. The Balaban J connectivity index is 1.65. The number of nitrogens with one attached hydrogen (secondary N) is 2. The largest absolute Gasteiger partial charge is 0.382 e. The average Bonchev–Trinajstić information content (AvgIpc) is 2.72. The van der Waals surface area contributed by atoms with Crippen molar-refractivity contribution in [1.82, 2.24) is 5.01 Å². The zero-order valence-corrected chi connectivity index (χ0v) is 19.0. The molecule has 0 unspecified atom stereocenters. The highest BCUT2D eigenvalue weighted by atomic mass is 35.5. The molecule has 0 atom stereocenters. The van der Waals surface area contributed by atoms with Gasteiger partial charge in [-0.25, -0.2) is 4.39 Å². The Morgan fingerprint density at radius 1 is 1.26 bits per heavy atom. The molecule has 1 fully saturated rings. The molecule has 2 aromatic rings. The Kier molecular flexibility index (Phi) is 7.93. The second-order valence-corrected chi connectivity index (χ2v) is 8.35. The van der Waals surface area contributed by atoms with Crippen molar-refractivity contribution >= 4 is 34.9 Å². The predicted molar refractivity (Wildman–Crippen MR) is 128 cm³/mol. The summed E-state index contributed by atoms with van der Waals surface area (Å²) in [5, 5.41) is 13.4. The Hall–Kier alpha value is -2.57. The number of anilines is 3. The number of halogens is 2. The van der Waals surface area contributed by atoms with Gasteiger partial charge < -0.3 is 15.4 Å². The number of rotatable bonds is 10. The van der Waals surface area contributed by atoms with Crippen molar-refractivity contribution in [3.8, 4) is 0 Å². The fourth-order valence-corrected chi connectivity index (χ4v) is 3.52. The van der Waals surface area contributed by atoms with E-state index >= 15 is 0 Å². The standard InChI is InChI=1S/C24H30ClFN4O/c1-4-18(3)13-30(28-5-2)15-24(16-31-17-24)14-27-23-11-10-19(12-21(23)26)29-22-9-7-6-8-20(22)25/h5-13,27,29H,4,14-17H2,1-3H3/b18-13+,28-5-. The average molecular weight is 445 g/mol. The van der Waals surface area contributed by atoms with Gasteiger partial charge in [0, 0.05) is 24.6 Å². The molecule has 0 spiro atoms. The van der Waals surface area contributed by atoms with Gasteiger partial charge in [-0.1, -0.05) is 36.2 Å². The van der Waals surface area contributed by atoms with E-state index in [1.165, 1.54) is 11.6 Å². The van der Waals surface area contributed by atoms with E-state index < -0.39 is 0 Å². The van der Waals surface area contributed by atoms with Crippen molar-refractivity contribution in [2.75, 3.05) is 36.9 Å². The second-order valence-electron chi connectivity index (χ2n) is 7.95. The van der Waals surface area contributed by atoms with E-state index in [1.54, 1.807) is 18.3 Å². The quantitative estimate of drug-likeness (QED) is 0.335. The molecule has 0 radical (unpaired) electrons. The Morgan fingerprint density at radius 3 is 2.65 bits per heavy atom. The van der Waals surface area contributed by atoms with Crippen LogP contribution in [0.3, 0.4) is 0 Å². The second kappa shape index (κ2) is 10.6. The molecule has 1 heterocycles. The lowest BCUT2D eigenvalue weighted by Gasteiger charge is -2.43. The Labute approximate surface area is 188 Å². The lowest BCUT2D eigenvalue weighted by atomic mass is 9.85. The molecule has 2 N–H and O–H groups in total. The number of hydrazone groups is 1. The van der Waals surface area contributed by atoms with Crippen LogP contribution in [0.4, 0.5) is 21.5 Å². The van der Waals surface area contributed by atoms with Crippen molar-refractivity contribution < 1.29 is 9.13 Å². The minimum absolute atomic E-state index is 0.127. The van der Waals surface area contributed by atoms with Gasteiger partial charge in [0.1, 0.15) is 5.82 Å². The summed E-state index contributed by atoms with van der Waals surface area (Å²) >= 11 is 6.17. The number of nitrogens with zero attached hydrogens (tertiary/aromatic N) is 2. The van der Waals surface area contributed by atoms with E-state index in [0.717, 1.165) is 12.1 Å². The summed E-state index contributed by atoms with van der Waals surface area (Å²) in [7, 11) is 0. The molecule has 0 saturated carbocycles. The van der Waals surface area contributed by atoms with Crippen molar-refractivity contribution in [3.05, 3.63) is 65.1 Å². The van der Waals surface area contributed by atoms with Crippen LogP contribution < -0.4 is 10.6 Å². The third-order valence-corrected chi connectivity index (χ3v) is 5.61. The van der Waals surface area contributed by atoms with Crippen LogP contribution in [0.15, 0.2) is 59.3 Å². The SMILES string of the molecule is C/C=N\N(/C=C(\C)CC)CC1(CNc2ccc(Nc3ccccc3Cl)cc2F)COC1. The van der Waals surface area contributed by atoms with E-state index in [-0.39, 0.29) is 11.2 Å². The number of hydrogen-bond acceptors (Lipinski definition) is 5. The van der Waals surface area contributed by atoms with Crippen molar-refractivity contribution in [1.29, 1.82) is 0 Å². The van der Waals surface area contributed by atoms with Gasteiger partial charge in [0.15, 0.2) is 0 Å². The van der Waals surface area contributed by atoms with E-state index in [1.807, 2.05) is 36.2 Å². The highest BCUT2D eigenvalue weighted by molar-refractivity contribution is 6.33. The van der Waals surface area contributed by atoms with E-state index in [0.29, 0.717) is 42.7 Å². The summed E-state index contributed by atoms with van der Waals surface area (Å²) < 4.78 is 20.2. The van der Waals surface area contributed by atoms with Crippen LogP contribution in [-0.2, 0) is 4.74 Å². The van der Waals surface area contributed by atoms with Crippen molar-refractivity contribution in [3.63, 3.8) is 0 Å². The van der Waals surface area contributed by atoms with Crippen LogP contribution >= 0.6 is 11.6 Å². The highest BCUT2D eigenvalue weighted by Gasteiger charge is 2.40. The van der Waals surface area contributed by atoms with Gasteiger partial charge in [-0.2, -0.15) is 5.10 Å². The molecule has 1 aliphatic heterocycles. The molecule has 7 heteroatoms. The lowest BCUT2D eigenvalue weighted by molar-refractivity contribution is -0.113. The molecule has 0 amide bonds. The molecule has 5 nitrogen and oxygen atoms in total. The Morgan fingerprint density at radius 2 is 2.03 bits per heavy atom. The normalized spacial score (nSPS) is 15.6. The van der Waals surface area contributed by atoms with Gasteiger partial charge in [-0.15, -0.1) is 0 Å². The zero-order chi connectivity index (χ0) is 22.3. The van der Waals surface area contributed by atoms with E-state index in [4.69, 9.17) is 16.3 Å². The summed E-state index contributed by atoms with van der Waals surface area (Å²) in [6, 6.07) is 12.4. The maximum absolute atomic E-state index is 14.7. The number of ether oxygens (including phenoxy) is 1. The summed E-state index contributed by atoms with van der Waals surface area (Å²) in [6.45, 7) is 8.64. The van der Waals surface area contributed by atoms with Gasteiger partial charge in [0.2, 0.25) is 0 Å². The first-order valence-electron chi connectivity index (χ1n) is 10.5. The van der Waals surface area contributed by atoms with Crippen LogP contribution in [0.1, 0.15) is 27.2 Å². The van der Waals surface area contributed by atoms with Crippen LogP contribution in [0, 0.1) is 11.2 Å². The van der Waals surface area contributed by atoms with Crippen LogP contribution in [0.5, 0.6) is 0 Å². The van der Waals surface area contributed by atoms with E-state index in [9.17, 15) is 4.39 Å². The smallest absolute Gasteiger partial charge is 0.148 e. The molecule has 0 aliphatic carbocycles. The fourth-order valence-electron chi connectivity index (χ4n) is 3.33. The Bertz CT molecular complexity index is 943. The number of para-hydroxylation sites is 1. The van der Waals surface area contributed by atoms with Crippen LogP contribution in [-0.4, -0.2) is 37.5 Å². The first-order valence-corrected chi connectivity index (χ1v) is 10.9. The number of benzene rings is 2. The summed E-state index contributed by atoms with van der Waals surface area (Å²) in [5.41, 5.74) is 2.96. The van der Waals surface area contributed by atoms with Gasteiger partial charge in [-0.05, 0) is 50.6 Å². The summed E-state index contributed by atoms with van der Waals surface area (Å²) in [6.07, 6.45) is 4.82. The van der Waals surface area contributed by atoms with Crippen molar-refractivity contribution in [2.24, 2.45) is 10.5 Å². The third-order valence-electron chi connectivity index (χ3n) is 5.28. The third kappa shape index (κ3) is 6.21. The molecule has 1 saturated heterocycles. The molecule has 0 bridgehead atoms. The minimum Gasteiger partial charge on any atom is -0.382 e.